The van der Waals surface area contributed by atoms with Crippen molar-refractivity contribution in [3.8, 4) is 23.0 Å². The molecule has 0 radical (unpaired) electrons. The third-order valence-electron chi connectivity index (χ3n) is 4.05. The second kappa shape index (κ2) is 9.07. The van der Waals surface area contributed by atoms with Crippen molar-refractivity contribution in [2.75, 3.05) is 5.75 Å². The van der Waals surface area contributed by atoms with E-state index in [0.29, 0.717) is 11.3 Å². The molecule has 28 heavy (non-hydrogen) atoms. The maximum absolute atomic E-state index is 11.5. The van der Waals surface area contributed by atoms with Gasteiger partial charge in [0.2, 0.25) is 0 Å². The van der Waals surface area contributed by atoms with Gasteiger partial charge in [0.25, 0.3) is 5.91 Å². The minimum Gasteiger partial charge on any atom is -0.365 e. The first-order valence-electron chi connectivity index (χ1n) is 8.92. The number of aromatic nitrogens is 2. The van der Waals surface area contributed by atoms with Gasteiger partial charge < -0.3 is 5.73 Å². The lowest BCUT2D eigenvalue weighted by Gasteiger charge is -2.03. The summed E-state index contributed by atoms with van der Waals surface area (Å²) in [5, 5.41) is 13.9. The number of amides is 1. The molecule has 0 bridgehead atoms. The molecule has 0 saturated heterocycles. The van der Waals surface area contributed by atoms with E-state index in [1.54, 1.807) is 22.6 Å². The van der Waals surface area contributed by atoms with Gasteiger partial charge in [-0.1, -0.05) is 37.3 Å². The molecule has 1 amide bonds. The molecule has 1 aromatic heterocycles. The van der Waals surface area contributed by atoms with Crippen LogP contribution in [0.1, 0.15) is 18.9 Å². The normalized spacial score (nSPS) is 11.2. The van der Waals surface area contributed by atoms with Crippen molar-refractivity contribution >= 4 is 23.7 Å². The Morgan fingerprint density at radius 1 is 1.21 bits per heavy atom. The summed E-state index contributed by atoms with van der Waals surface area (Å²) in [5.74, 6) is 0.312. The average molecular weight is 388 g/mol. The van der Waals surface area contributed by atoms with Crippen LogP contribution in [0.2, 0.25) is 0 Å². The smallest absolute Gasteiger partial charge is 0.259 e. The van der Waals surface area contributed by atoms with Gasteiger partial charge in [0.05, 0.1) is 11.4 Å². The van der Waals surface area contributed by atoms with Crippen molar-refractivity contribution in [2.45, 2.75) is 18.2 Å². The Hall–Kier alpha value is -3.30. The molecule has 0 fully saturated rings. The number of para-hydroxylation sites is 1. The molecule has 1 heterocycles. The fourth-order valence-corrected chi connectivity index (χ4v) is 3.44. The van der Waals surface area contributed by atoms with E-state index >= 15 is 0 Å². The molecule has 3 aromatic rings. The predicted octanol–water partition coefficient (Wildman–Crippen LogP) is 4.43. The van der Waals surface area contributed by atoms with Crippen LogP contribution in [0.15, 0.2) is 71.3 Å². The lowest BCUT2D eigenvalue weighted by molar-refractivity contribution is -0.114. The van der Waals surface area contributed by atoms with Crippen LogP contribution >= 0.6 is 11.8 Å². The molecular formula is C22H20N4OS. The second-order valence-electron chi connectivity index (χ2n) is 6.12. The summed E-state index contributed by atoms with van der Waals surface area (Å²) < 4.78 is 1.73. The summed E-state index contributed by atoms with van der Waals surface area (Å²) in [7, 11) is 0. The Labute approximate surface area is 168 Å². The van der Waals surface area contributed by atoms with Crippen LogP contribution in [0.4, 0.5) is 0 Å². The number of hydrogen-bond donors (Lipinski definition) is 1. The molecule has 5 nitrogen and oxygen atoms in total. The zero-order chi connectivity index (χ0) is 19.9. The van der Waals surface area contributed by atoms with Gasteiger partial charge in [-0.2, -0.15) is 10.4 Å². The highest BCUT2D eigenvalue weighted by atomic mass is 32.2. The molecule has 2 aromatic carbocycles. The summed E-state index contributed by atoms with van der Waals surface area (Å²) in [4.78, 5) is 12.7. The van der Waals surface area contributed by atoms with Crippen LogP contribution in [0.3, 0.4) is 0 Å². The monoisotopic (exact) mass is 388 g/mol. The Kier molecular flexibility index (Phi) is 6.30. The first kappa shape index (κ1) is 19.5. The highest BCUT2D eigenvalue weighted by Crippen LogP contribution is 2.28. The SMILES string of the molecule is CCCSc1ccc(-c2nn(-c3ccccc3)cc2/C=C(\C#N)C(N)=O)cc1. The van der Waals surface area contributed by atoms with Gasteiger partial charge in [-0.05, 0) is 42.5 Å². The van der Waals surface area contributed by atoms with Gasteiger partial charge in [-0.25, -0.2) is 4.68 Å². The van der Waals surface area contributed by atoms with Gasteiger partial charge >= 0.3 is 0 Å². The van der Waals surface area contributed by atoms with Crippen molar-refractivity contribution < 1.29 is 4.79 Å². The lowest BCUT2D eigenvalue weighted by Crippen LogP contribution is -2.12. The van der Waals surface area contributed by atoms with E-state index in [-0.39, 0.29) is 5.57 Å². The third kappa shape index (κ3) is 4.51. The van der Waals surface area contributed by atoms with Gasteiger partial charge in [-0.15, -0.1) is 11.8 Å². The molecule has 2 N–H and O–H groups in total. The summed E-state index contributed by atoms with van der Waals surface area (Å²) in [6.45, 7) is 2.15. The van der Waals surface area contributed by atoms with Crippen LogP contribution < -0.4 is 5.73 Å². The molecule has 0 atom stereocenters. The number of primary amides is 1. The summed E-state index contributed by atoms with van der Waals surface area (Å²) in [6, 6.07) is 19.6. The van der Waals surface area contributed by atoms with E-state index in [1.165, 1.54) is 11.0 Å². The van der Waals surface area contributed by atoms with E-state index < -0.39 is 5.91 Å². The number of nitrogens with two attached hydrogens (primary N) is 1. The van der Waals surface area contributed by atoms with Crippen LogP contribution in [0.5, 0.6) is 0 Å². The van der Waals surface area contributed by atoms with Gasteiger partial charge in [0, 0.05) is 22.2 Å². The van der Waals surface area contributed by atoms with Crippen molar-refractivity contribution in [1.29, 1.82) is 5.26 Å². The maximum Gasteiger partial charge on any atom is 0.259 e. The van der Waals surface area contributed by atoms with Crippen LogP contribution in [-0.2, 0) is 4.79 Å². The summed E-state index contributed by atoms with van der Waals surface area (Å²) in [6.07, 6.45) is 4.40. The summed E-state index contributed by atoms with van der Waals surface area (Å²) in [5.41, 5.74) is 8.34. The van der Waals surface area contributed by atoms with Crippen molar-refractivity contribution in [3.05, 3.63) is 71.9 Å². The van der Waals surface area contributed by atoms with Crippen LogP contribution in [0.25, 0.3) is 23.0 Å². The van der Waals surface area contributed by atoms with E-state index in [4.69, 9.17) is 10.8 Å². The first-order chi connectivity index (χ1) is 13.6. The first-order valence-corrected chi connectivity index (χ1v) is 9.91. The number of nitrogens with zero attached hydrogens (tertiary/aromatic N) is 3. The second-order valence-corrected chi connectivity index (χ2v) is 7.29. The Bertz CT molecular complexity index is 1030. The molecule has 0 unspecified atom stereocenters. The van der Waals surface area contributed by atoms with E-state index in [1.807, 2.05) is 48.5 Å². The molecule has 0 spiro atoms. The number of nitriles is 1. The average Bonchev–Trinajstić information content (AvgIpc) is 3.15. The predicted molar refractivity (Wildman–Crippen MR) is 113 cm³/mol. The van der Waals surface area contributed by atoms with Crippen LogP contribution in [0, 0.1) is 11.3 Å². The van der Waals surface area contributed by atoms with Crippen LogP contribution in [-0.4, -0.2) is 21.4 Å². The topological polar surface area (TPSA) is 84.7 Å². The number of hydrogen-bond acceptors (Lipinski definition) is 4. The van der Waals surface area contributed by atoms with Gasteiger partial charge in [0.1, 0.15) is 11.6 Å². The molecule has 0 aliphatic rings. The fraction of sp³-hybridized carbons (Fsp3) is 0.136. The number of rotatable bonds is 7. The quantitative estimate of drug-likeness (QED) is 0.368. The number of benzene rings is 2. The molecular weight excluding hydrogens is 368 g/mol. The molecule has 140 valence electrons. The summed E-state index contributed by atoms with van der Waals surface area (Å²) >= 11 is 1.81. The van der Waals surface area contributed by atoms with E-state index in [2.05, 4.69) is 19.1 Å². The van der Waals surface area contributed by atoms with Gasteiger partial charge in [-0.3, -0.25) is 4.79 Å². The zero-order valence-corrected chi connectivity index (χ0v) is 16.3. The van der Waals surface area contributed by atoms with E-state index in [9.17, 15) is 10.1 Å². The third-order valence-corrected chi connectivity index (χ3v) is 5.27. The molecule has 3 rings (SSSR count). The fourth-order valence-electron chi connectivity index (χ4n) is 2.67. The molecule has 6 heteroatoms. The molecule has 0 aliphatic carbocycles. The Balaban J connectivity index is 2.06. The highest BCUT2D eigenvalue weighted by molar-refractivity contribution is 7.99. The maximum atomic E-state index is 11.5. The number of carbonyl (C=O) groups is 1. The van der Waals surface area contributed by atoms with Crippen molar-refractivity contribution in [3.63, 3.8) is 0 Å². The van der Waals surface area contributed by atoms with Crippen molar-refractivity contribution in [2.24, 2.45) is 5.73 Å². The Morgan fingerprint density at radius 2 is 1.93 bits per heavy atom. The number of carbonyl (C=O) groups excluding carboxylic acids is 1. The lowest BCUT2D eigenvalue weighted by atomic mass is 10.1. The highest BCUT2D eigenvalue weighted by Gasteiger charge is 2.13. The largest absolute Gasteiger partial charge is 0.365 e. The van der Waals surface area contributed by atoms with Gasteiger partial charge in [0.15, 0.2) is 0 Å². The minimum atomic E-state index is -0.757. The number of thioether (sulfide) groups is 1. The zero-order valence-electron chi connectivity index (χ0n) is 15.5. The molecule has 0 aliphatic heterocycles. The molecule has 0 saturated carbocycles. The van der Waals surface area contributed by atoms with Crippen molar-refractivity contribution in [1.82, 2.24) is 9.78 Å². The minimum absolute atomic E-state index is 0.107. The Morgan fingerprint density at radius 3 is 2.54 bits per heavy atom. The van der Waals surface area contributed by atoms with E-state index in [0.717, 1.165) is 23.4 Å². The standard InChI is InChI=1S/C22H20N4OS/c1-2-12-28-20-10-8-16(9-11-20)21-18(13-17(14-23)22(24)27)15-26(25-21)19-6-4-3-5-7-19/h3-11,13,15H,2,12H2,1H3,(H2,24,27)/b17-13+.